The molecule has 0 radical (unpaired) electrons. The molecule has 0 saturated carbocycles. The Kier molecular flexibility index (Phi) is 3.41. The number of amides is 1. The van der Waals surface area contributed by atoms with E-state index in [-0.39, 0.29) is 5.56 Å². The van der Waals surface area contributed by atoms with Crippen LogP contribution in [0.3, 0.4) is 0 Å². The summed E-state index contributed by atoms with van der Waals surface area (Å²) in [5, 5.41) is 2.09. The standard InChI is InChI=1S/C13H9F3N2O/c14-8-5-10(15)12(16)11(6-8)18-13(19)7-2-1-3-9(17)4-7/h1-6H,17H2,(H,18,19). The molecule has 3 nitrogen and oxygen atoms in total. The predicted octanol–water partition coefficient (Wildman–Crippen LogP) is 2.94. The zero-order chi connectivity index (χ0) is 14.0. The highest BCUT2D eigenvalue weighted by atomic mass is 19.2. The van der Waals surface area contributed by atoms with E-state index in [1.807, 2.05) is 0 Å². The van der Waals surface area contributed by atoms with Crippen molar-refractivity contribution in [1.29, 1.82) is 0 Å². The van der Waals surface area contributed by atoms with Crippen LogP contribution in [-0.4, -0.2) is 5.91 Å². The number of benzene rings is 2. The van der Waals surface area contributed by atoms with E-state index >= 15 is 0 Å². The van der Waals surface area contributed by atoms with Gasteiger partial charge in [-0.15, -0.1) is 0 Å². The Morgan fingerprint density at radius 2 is 1.84 bits per heavy atom. The summed E-state index contributed by atoms with van der Waals surface area (Å²) in [7, 11) is 0. The molecule has 0 fully saturated rings. The lowest BCUT2D eigenvalue weighted by Crippen LogP contribution is -2.14. The maximum absolute atomic E-state index is 13.4. The molecular weight excluding hydrogens is 257 g/mol. The van der Waals surface area contributed by atoms with Crippen LogP contribution in [0.25, 0.3) is 0 Å². The summed E-state index contributed by atoms with van der Waals surface area (Å²) in [4.78, 5) is 11.8. The molecule has 98 valence electrons. The lowest BCUT2D eigenvalue weighted by atomic mass is 10.2. The van der Waals surface area contributed by atoms with Gasteiger partial charge in [0.05, 0.1) is 5.69 Å². The first-order valence-corrected chi connectivity index (χ1v) is 5.29. The van der Waals surface area contributed by atoms with E-state index in [2.05, 4.69) is 5.32 Å². The van der Waals surface area contributed by atoms with Crippen molar-refractivity contribution in [2.45, 2.75) is 0 Å². The molecule has 2 aromatic carbocycles. The molecule has 0 saturated heterocycles. The maximum atomic E-state index is 13.4. The van der Waals surface area contributed by atoms with Crippen LogP contribution in [0.1, 0.15) is 10.4 Å². The minimum atomic E-state index is -1.37. The largest absolute Gasteiger partial charge is 0.399 e. The average Bonchev–Trinajstić information content (AvgIpc) is 2.35. The van der Waals surface area contributed by atoms with Gasteiger partial charge in [0, 0.05) is 23.4 Å². The van der Waals surface area contributed by atoms with Crippen LogP contribution in [0, 0.1) is 17.5 Å². The van der Waals surface area contributed by atoms with E-state index in [1.165, 1.54) is 18.2 Å². The third kappa shape index (κ3) is 2.85. The average molecular weight is 266 g/mol. The summed E-state index contributed by atoms with van der Waals surface area (Å²) >= 11 is 0. The minimum Gasteiger partial charge on any atom is -0.399 e. The molecule has 3 N–H and O–H groups in total. The van der Waals surface area contributed by atoms with Gasteiger partial charge in [0.2, 0.25) is 0 Å². The molecule has 0 aliphatic rings. The Labute approximate surface area is 106 Å². The number of nitrogens with two attached hydrogens (primary N) is 1. The first-order valence-electron chi connectivity index (χ1n) is 5.29. The van der Waals surface area contributed by atoms with E-state index in [0.717, 1.165) is 0 Å². The fourth-order valence-corrected chi connectivity index (χ4v) is 1.52. The number of nitrogen functional groups attached to an aromatic ring is 1. The van der Waals surface area contributed by atoms with Gasteiger partial charge in [-0.2, -0.15) is 0 Å². The van der Waals surface area contributed by atoms with Crippen LogP contribution in [0.5, 0.6) is 0 Å². The Balaban J connectivity index is 2.29. The van der Waals surface area contributed by atoms with Gasteiger partial charge in [0.15, 0.2) is 11.6 Å². The van der Waals surface area contributed by atoms with Gasteiger partial charge in [-0.05, 0) is 18.2 Å². The second-order valence-electron chi connectivity index (χ2n) is 3.83. The van der Waals surface area contributed by atoms with Gasteiger partial charge >= 0.3 is 0 Å². The molecule has 1 amide bonds. The third-order valence-corrected chi connectivity index (χ3v) is 2.39. The van der Waals surface area contributed by atoms with Crippen molar-refractivity contribution < 1.29 is 18.0 Å². The van der Waals surface area contributed by atoms with Crippen LogP contribution >= 0.6 is 0 Å². The first-order chi connectivity index (χ1) is 8.97. The monoisotopic (exact) mass is 266 g/mol. The smallest absolute Gasteiger partial charge is 0.255 e. The van der Waals surface area contributed by atoms with E-state index in [1.54, 1.807) is 6.07 Å². The zero-order valence-corrected chi connectivity index (χ0v) is 9.58. The molecule has 19 heavy (non-hydrogen) atoms. The summed E-state index contributed by atoms with van der Waals surface area (Å²) < 4.78 is 39.3. The van der Waals surface area contributed by atoms with Crippen LogP contribution in [0.4, 0.5) is 24.5 Å². The number of anilines is 2. The van der Waals surface area contributed by atoms with Gasteiger partial charge in [0.1, 0.15) is 5.82 Å². The number of rotatable bonds is 2. The van der Waals surface area contributed by atoms with Gasteiger partial charge in [-0.1, -0.05) is 6.07 Å². The van der Waals surface area contributed by atoms with Crippen LogP contribution < -0.4 is 11.1 Å². The highest BCUT2D eigenvalue weighted by Crippen LogP contribution is 2.20. The molecule has 0 aromatic heterocycles. The normalized spacial score (nSPS) is 10.3. The number of hydrogen-bond acceptors (Lipinski definition) is 2. The Bertz CT molecular complexity index is 644. The fraction of sp³-hybridized carbons (Fsp3) is 0. The molecule has 2 rings (SSSR count). The lowest BCUT2D eigenvalue weighted by Gasteiger charge is -2.07. The number of carbonyl (C=O) groups excluding carboxylic acids is 1. The van der Waals surface area contributed by atoms with Crippen molar-refractivity contribution in [2.24, 2.45) is 0 Å². The molecule has 0 heterocycles. The van der Waals surface area contributed by atoms with E-state index in [0.29, 0.717) is 17.8 Å². The number of carbonyl (C=O) groups is 1. The second-order valence-corrected chi connectivity index (χ2v) is 3.83. The Morgan fingerprint density at radius 1 is 1.11 bits per heavy atom. The molecule has 0 aliphatic carbocycles. The van der Waals surface area contributed by atoms with Crippen molar-refractivity contribution >= 4 is 17.3 Å². The van der Waals surface area contributed by atoms with Gasteiger partial charge in [-0.25, -0.2) is 13.2 Å². The summed E-state index contributed by atoms with van der Waals surface area (Å²) in [5.74, 6) is -4.39. The van der Waals surface area contributed by atoms with Gasteiger partial charge < -0.3 is 11.1 Å². The molecule has 0 spiro atoms. The number of nitrogens with one attached hydrogen (secondary N) is 1. The summed E-state index contributed by atoms with van der Waals surface area (Å²) in [6.07, 6.45) is 0. The van der Waals surface area contributed by atoms with Crippen molar-refractivity contribution in [3.63, 3.8) is 0 Å². The molecular formula is C13H9F3N2O. The molecule has 6 heteroatoms. The predicted molar refractivity (Wildman–Crippen MR) is 65.1 cm³/mol. The number of hydrogen-bond donors (Lipinski definition) is 2. The lowest BCUT2D eigenvalue weighted by molar-refractivity contribution is 0.102. The molecule has 0 aliphatic heterocycles. The zero-order valence-electron chi connectivity index (χ0n) is 9.58. The highest BCUT2D eigenvalue weighted by Gasteiger charge is 2.14. The summed E-state index contributed by atoms with van der Waals surface area (Å²) in [6, 6.07) is 7.00. The highest BCUT2D eigenvalue weighted by molar-refractivity contribution is 6.04. The number of halogens is 3. The Morgan fingerprint density at radius 3 is 2.53 bits per heavy atom. The van der Waals surface area contributed by atoms with Crippen LogP contribution in [-0.2, 0) is 0 Å². The van der Waals surface area contributed by atoms with Crippen LogP contribution in [0.2, 0.25) is 0 Å². The van der Waals surface area contributed by atoms with Crippen molar-refractivity contribution in [3.05, 3.63) is 59.4 Å². The minimum absolute atomic E-state index is 0.157. The van der Waals surface area contributed by atoms with E-state index in [9.17, 15) is 18.0 Å². The summed E-state index contributed by atoms with van der Waals surface area (Å²) in [6.45, 7) is 0. The molecule has 0 atom stereocenters. The van der Waals surface area contributed by atoms with Crippen molar-refractivity contribution in [1.82, 2.24) is 0 Å². The van der Waals surface area contributed by atoms with Gasteiger partial charge in [-0.3, -0.25) is 4.79 Å². The Hall–Kier alpha value is -2.50. The maximum Gasteiger partial charge on any atom is 0.255 e. The quantitative estimate of drug-likeness (QED) is 0.648. The van der Waals surface area contributed by atoms with Crippen molar-refractivity contribution in [2.75, 3.05) is 11.1 Å². The first kappa shape index (κ1) is 12.9. The molecule has 2 aromatic rings. The molecule has 0 unspecified atom stereocenters. The van der Waals surface area contributed by atoms with E-state index < -0.39 is 29.0 Å². The van der Waals surface area contributed by atoms with Gasteiger partial charge in [0.25, 0.3) is 5.91 Å². The fourth-order valence-electron chi connectivity index (χ4n) is 1.52. The SMILES string of the molecule is Nc1cccc(C(=O)Nc2cc(F)cc(F)c2F)c1. The third-order valence-electron chi connectivity index (χ3n) is 2.39. The van der Waals surface area contributed by atoms with E-state index in [4.69, 9.17) is 5.73 Å². The van der Waals surface area contributed by atoms with Crippen molar-refractivity contribution in [3.8, 4) is 0 Å². The topological polar surface area (TPSA) is 55.1 Å². The molecule has 0 bridgehead atoms. The summed E-state index contributed by atoms with van der Waals surface area (Å²) in [5.41, 5.74) is 5.43. The van der Waals surface area contributed by atoms with Crippen LogP contribution in [0.15, 0.2) is 36.4 Å². The second kappa shape index (κ2) is 5.01.